The molecule has 11 heteroatoms. The molecule has 2 aromatic rings. The zero-order valence-electron chi connectivity index (χ0n) is 24.6. The molecule has 0 radical (unpaired) electrons. The first-order valence-corrected chi connectivity index (χ1v) is 14.4. The van der Waals surface area contributed by atoms with E-state index in [2.05, 4.69) is 20.9 Å². The van der Waals surface area contributed by atoms with Gasteiger partial charge in [0.25, 0.3) is 0 Å². The number of aliphatic hydroxyl groups is 2. The Bertz CT molecular complexity index is 1200. The summed E-state index contributed by atoms with van der Waals surface area (Å²) in [5.41, 5.74) is 3.16. The Morgan fingerprint density at radius 3 is 2.25 bits per heavy atom. The molecule has 5 atom stereocenters. The zero-order valence-corrected chi connectivity index (χ0v) is 25.4. The van der Waals surface area contributed by atoms with Gasteiger partial charge in [-0.05, 0) is 44.2 Å². The highest BCUT2D eigenvalue weighted by atomic mass is 32.1. The number of benzene rings is 1. The molecule has 1 aliphatic heterocycles. The second-order valence-electron chi connectivity index (χ2n) is 12.6. The lowest BCUT2D eigenvalue weighted by molar-refractivity contribution is -0.144. The minimum absolute atomic E-state index is 0.0271. The summed E-state index contributed by atoms with van der Waals surface area (Å²) in [6.07, 6.45) is -1.61. The topological polar surface area (TPSA) is 144 Å². The monoisotopic (exact) mass is 573 g/mol. The molecule has 40 heavy (non-hydrogen) atoms. The van der Waals surface area contributed by atoms with E-state index in [0.717, 1.165) is 16.0 Å². The number of aliphatic hydroxyl groups excluding tert-OH is 2. The van der Waals surface area contributed by atoms with Gasteiger partial charge in [0.15, 0.2) is 0 Å². The van der Waals surface area contributed by atoms with Crippen molar-refractivity contribution in [3.63, 3.8) is 0 Å². The molecule has 5 N–H and O–H groups in total. The van der Waals surface area contributed by atoms with Crippen LogP contribution in [0.15, 0.2) is 29.8 Å². The SMILES string of the molecule is CC(=O)N[C@H](C(=O)N1C[C@H](O)C[C@H]1C(=O)N[C@@H](C)c1ccc(-c2scnc2C(O)NC(C)(C)C)cc1)C(C)(C)C. The van der Waals surface area contributed by atoms with Crippen LogP contribution < -0.4 is 16.0 Å². The van der Waals surface area contributed by atoms with Crippen molar-refractivity contribution in [2.24, 2.45) is 5.41 Å². The quantitative estimate of drug-likeness (QED) is 0.306. The molecule has 0 bridgehead atoms. The van der Waals surface area contributed by atoms with E-state index in [1.807, 2.05) is 72.7 Å². The molecular formula is C29H43N5O5S. The Kier molecular flexibility index (Phi) is 9.77. The van der Waals surface area contributed by atoms with Crippen LogP contribution in [0.1, 0.15) is 85.3 Å². The lowest BCUT2D eigenvalue weighted by Gasteiger charge is -2.35. The molecule has 0 spiro atoms. The fourth-order valence-electron chi connectivity index (χ4n) is 4.78. The van der Waals surface area contributed by atoms with Crippen molar-refractivity contribution in [2.45, 2.75) is 97.8 Å². The van der Waals surface area contributed by atoms with Crippen LogP contribution in [-0.4, -0.2) is 68.1 Å². The van der Waals surface area contributed by atoms with Crippen molar-refractivity contribution >= 4 is 29.1 Å². The van der Waals surface area contributed by atoms with E-state index < -0.39 is 29.8 Å². The number of thiazole rings is 1. The van der Waals surface area contributed by atoms with Crippen molar-refractivity contribution in [3.8, 4) is 10.4 Å². The van der Waals surface area contributed by atoms with Crippen molar-refractivity contribution < 1.29 is 24.6 Å². The number of likely N-dealkylation sites (tertiary alicyclic amines) is 1. The fourth-order valence-corrected chi connectivity index (χ4v) is 5.61. The van der Waals surface area contributed by atoms with Gasteiger partial charge in [-0.2, -0.15) is 0 Å². The average Bonchev–Trinajstić information content (AvgIpc) is 3.47. The Labute approximate surface area is 240 Å². The van der Waals surface area contributed by atoms with Gasteiger partial charge < -0.3 is 25.7 Å². The number of aromatic nitrogens is 1. The summed E-state index contributed by atoms with van der Waals surface area (Å²) in [4.78, 5) is 45.1. The summed E-state index contributed by atoms with van der Waals surface area (Å²) in [6.45, 7) is 14.7. The lowest BCUT2D eigenvalue weighted by Crippen LogP contribution is -2.57. The number of nitrogens with zero attached hydrogens (tertiary/aromatic N) is 2. The lowest BCUT2D eigenvalue weighted by atomic mass is 9.85. The van der Waals surface area contributed by atoms with Gasteiger partial charge >= 0.3 is 0 Å². The number of rotatable bonds is 8. The predicted octanol–water partition coefficient (Wildman–Crippen LogP) is 2.88. The maximum absolute atomic E-state index is 13.4. The summed E-state index contributed by atoms with van der Waals surface area (Å²) >= 11 is 1.44. The van der Waals surface area contributed by atoms with E-state index in [1.54, 1.807) is 5.51 Å². The summed E-state index contributed by atoms with van der Waals surface area (Å²) < 4.78 is 0. The summed E-state index contributed by atoms with van der Waals surface area (Å²) in [6, 6.07) is 5.63. The molecule has 10 nitrogen and oxygen atoms in total. The third-order valence-electron chi connectivity index (χ3n) is 6.78. The molecule has 1 fully saturated rings. The van der Waals surface area contributed by atoms with Gasteiger partial charge in [-0.1, -0.05) is 45.0 Å². The minimum Gasteiger partial charge on any atom is -0.391 e. The molecule has 1 aromatic carbocycles. The highest BCUT2D eigenvalue weighted by Gasteiger charge is 2.44. The van der Waals surface area contributed by atoms with Crippen molar-refractivity contribution in [3.05, 3.63) is 41.0 Å². The molecular weight excluding hydrogens is 530 g/mol. The molecule has 3 rings (SSSR count). The second kappa shape index (κ2) is 12.3. The van der Waals surface area contributed by atoms with Crippen LogP contribution in [0.3, 0.4) is 0 Å². The van der Waals surface area contributed by atoms with Crippen LogP contribution in [0.4, 0.5) is 0 Å². The van der Waals surface area contributed by atoms with Gasteiger partial charge in [0.1, 0.15) is 24.0 Å². The highest BCUT2D eigenvalue weighted by molar-refractivity contribution is 7.13. The van der Waals surface area contributed by atoms with Crippen molar-refractivity contribution in [1.82, 2.24) is 25.8 Å². The summed E-state index contributed by atoms with van der Waals surface area (Å²) in [5, 5.41) is 29.8. The van der Waals surface area contributed by atoms with Crippen LogP contribution in [0.2, 0.25) is 0 Å². The molecule has 2 heterocycles. The molecule has 0 saturated carbocycles. The molecule has 0 aliphatic carbocycles. The Balaban J connectivity index is 1.72. The first-order valence-electron chi connectivity index (χ1n) is 13.5. The van der Waals surface area contributed by atoms with E-state index in [4.69, 9.17) is 0 Å². The van der Waals surface area contributed by atoms with Crippen LogP contribution >= 0.6 is 11.3 Å². The molecule has 220 valence electrons. The maximum atomic E-state index is 13.4. The van der Waals surface area contributed by atoms with Gasteiger partial charge in [-0.25, -0.2) is 4.98 Å². The first kappa shape index (κ1) is 31.7. The Morgan fingerprint density at radius 2 is 1.70 bits per heavy atom. The largest absolute Gasteiger partial charge is 0.391 e. The number of amides is 3. The summed E-state index contributed by atoms with van der Waals surface area (Å²) in [7, 11) is 0. The average molecular weight is 574 g/mol. The van der Waals surface area contributed by atoms with E-state index in [9.17, 15) is 24.6 Å². The fraction of sp³-hybridized carbons (Fsp3) is 0.586. The van der Waals surface area contributed by atoms with Gasteiger partial charge in [-0.15, -0.1) is 11.3 Å². The Morgan fingerprint density at radius 1 is 1.07 bits per heavy atom. The van der Waals surface area contributed by atoms with Crippen molar-refractivity contribution in [1.29, 1.82) is 0 Å². The molecule has 1 aromatic heterocycles. The minimum atomic E-state index is -0.907. The Hall–Kier alpha value is -2.86. The number of carbonyl (C=O) groups excluding carboxylic acids is 3. The van der Waals surface area contributed by atoms with Crippen LogP contribution in [0.25, 0.3) is 10.4 Å². The van der Waals surface area contributed by atoms with Crippen molar-refractivity contribution in [2.75, 3.05) is 6.54 Å². The van der Waals surface area contributed by atoms with Gasteiger partial charge in [0, 0.05) is 25.4 Å². The van der Waals surface area contributed by atoms with Crippen LogP contribution in [-0.2, 0) is 14.4 Å². The summed E-state index contributed by atoms with van der Waals surface area (Å²) in [5.74, 6) is -1.09. The standard InChI is InChI=1S/C29H43N5O5S/c1-16(18-9-11-19(12-10-18)23-22(30-15-40-23)26(38)33-29(6,7)8)31-25(37)21-13-20(36)14-34(21)27(39)24(28(3,4)5)32-17(2)35/h9-12,15-16,20-21,24,26,33,36,38H,13-14H2,1-8H3,(H,31,37)(H,32,35)/t16-,20+,21-,24+,26?/m0/s1. The molecule has 1 aliphatic rings. The normalized spacial score (nSPS) is 20.1. The molecule has 1 saturated heterocycles. The van der Waals surface area contributed by atoms with Gasteiger partial charge in [0.05, 0.1) is 22.5 Å². The van der Waals surface area contributed by atoms with Gasteiger partial charge in [0.2, 0.25) is 17.7 Å². The molecule has 3 amide bonds. The number of carbonyl (C=O) groups is 3. The van der Waals surface area contributed by atoms with E-state index >= 15 is 0 Å². The van der Waals surface area contributed by atoms with E-state index in [-0.39, 0.29) is 42.3 Å². The molecule has 1 unspecified atom stereocenters. The number of nitrogens with one attached hydrogen (secondary N) is 3. The zero-order chi connectivity index (χ0) is 30.0. The van der Waals surface area contributed by atoms with Gasteiger partial charge in [-0.3, -0.25) is 19.7 Å². The van der Waals surface area contributed by atoms with Crippen LogP contribution in [0, 0.1) is 5.41 Å². The number of β-amino-alcohol motifs (C(OH)–C–C–N with tert-alkyl or cyclic N) is 1. The second-order valence-corrected chi connectivity index (χ2v) is 13.5. The third kappa shape index (κ3) is 7.87. The van der Waals surface area contributed by atoms with E-state index in [1.165, 1.54) is 23.2 Å². The maximum Gasteiger partial charge on any atom is 0.246 e. The van der Waals surface area contributed by atoms with E-state index in [0.29, 0.717) is 5.69 Å². The first-order chi connectivity index (χ1) is 18.5. The third-order valence-corrected chi connectivity index (χ3v) is 7.67. The number of hydrogen-bond donors (Lipinski definition) is 5. The predicted molar refractivity (Wildman–Crippen MR) is 155 cm³/mol. The smallest absolute Gasteiger partial charge is 0.246 e. The van der Waals surface area contributed by atoms with Crippen LogP contribution in [0.5, 0.6) is 0 Å². The highest BCUT2D eigenvalue weighted by Crippen LogP contribution is 2.32. The number of hydrogen-bond acceptors (Lipinski definition) is 8.